The molecule has 6 heteroatoms. The first-order chi connectivity index (χ1) is 11.1. The third-order valence-electron chi connectivity index (χ3n) is 3.69. The number of piperazine rings is 1. The van der Waals surface area contributed by atoms with Crippen molar-refractivity contribution in [3.8, 4) is 11.5 Å². The molecule has 1 saturated heterocycles. The highest BCUT2D eigenvalue weighted by atomic mass is 16.5. The van der Waals surface area contributed by atoms with Crippen LogP contribution in [-0.2, 0) is 9.59 Å². The van der Waals surface area contributed by atoms with Crippen molar-refractivity contribution in [1.82, 2.24) is 10.2 Å². The molecule has 23 heavy (non-hydrogen) atoms. The summed E-state index contributed by atoms with van der Waals surface area (Å²) in [6, 6.07) is 5.01. The number of nitrogens with one attached hydrogen (secondary N) is 1. The first-order valence-electron chi connectivity index (χ1n) is 7.64. The Kier molecular flexibility index (Phi) is 5.62. The molecule has 1 unspecified atom stereocenters. The highest BCUT2D eigenvalue weighted by Crippen LogP contribution is 2.28. The van der Waals surface area contributed by atoms with E-state index in [9.17, 15) is 9.59 Å². The number of ether oxygens (including phenoxy) is 2. The maximum atomic E-state index is 12.3. The average molecular weight is 318 g/mol. The molecule has 0 spiro atoms. The Morgan fingerprint density at radius 1 is 1.43 bits per heavy atom. The van der Waals surface area contributed by atoms with Crippen molar-refractivity contribution in [2.75, 3.05) is 26.8 Å². The van der Waals surface area contributed by atoms with Crippen molar-refractivity contribution in [2.45, 2.75) is 19.9 Å². The lowest BCUT2D eigenvalue weighted by Crippen LogP contribution is -2.55. The van der Waals surface area contributed by atoms with Gasteiger partial charge in [-0.1, -0.05) is 6.07 Å². The van der Waals surface area contributed by atoms with Gasteiger partial charge in [0.1, 0.15) is 6.04 Å². The highest BCUT2D eigenvalue weighted by molar-refractivity contribution is 5.96. The van der Waals surface area contributed by atoms with Gasteiger partial charge in [0.2, 0.25) is 11.8 Å². The van der Waals surface area contributed by atoms with E-state index in [2.05, 4.69) is 5.32 Å². The van der Waals surface area contributed by atoms with E-state index < -0.39 is 6.04 Å². The summed E-state index contributed by atoms with van der Waals surface area (Å²) >= 11 is 0. The minimum atomic E-state index is -0.448. The van der Waals surface area contributed by atoms with Gasteiger partial charge in [0.15, 0.2) is 11.5 Å². The van der Waals surface area contributed by atoms with Crippen LogP contribution >= 0.6 is 0 Å². The van der Waals surface area contributed by atoms with Gasteiger partial charge in [-0.05, 0) is 37.6 Å². The van der Waals surface area contributed by atoms with Gasteiger partial charge in [0.25, 0.3) is 0 Å². The minimum Gasteiger partial charge on any atom is -0.493 e. The van der Waals surface area contributed by atoms with E-state index in [0.29, 0.717) is 31.2 Å². The summed E-state index contributed by atoms with van der Waals surface area (Å²) in [4.78, 5) is 25.4. The fourth-order valence-corrected chi connectivity index (χ4v) is 2.41. The van der Waals surface area contributed by atoms with Crippen molar-refractivity contribution in [3.05, 3.63) is 29.8 Å². The van der Waals surface area contributed by atoms with E-state index in [1.165, 1.54) is 6.08 Å². The number of benzene rings is 1. The Bertz CT molecular complexity index is 613. The number of hydrogen-bond donors (Lipinski definition) is 1. The van der Waals surface area contributed by atoms with Crippen LogP contribution in [0.25, 0.3) is 6.08 Å². The second-order valence-corrected chi connectivity index (χ2v) is 5.18. The zero-order chi connectivity index (χ0) is 16.8. The van der Waals surface area contributed by atoms with Gasteiger partial charge in [-0.15, -0.1) is 0 Å². The van der Waals surface area contributed by atoms with Crippen LogP contribution in [-0.4, -0.2) is 49.6 Å². The number of carbonyl (C=O) groups is 2. The number of amides is 2. The summed E-state index contributed by atoms with van der Waals surface area (Å²) in [5.41, 5.74) is 0.830. The number of carbonyl (C=O) groups excluding carboxylic acids is 2. The maximum absolute atomic E-state index is 12.3. The first kappa shape index (κ1) is 16.9. The average Bonchev–Trinajstić information content (AvgIpc) is 2.55. The Balaban J connectivity index is 2.11. The highest BCUT2D eigenvalue weighted by Gasteiger charge is 2.27. The Hall–Kier alpha value is -2.50. The van der Waals surface area contributed by atoms with Crippen LogP contribution in [0.15, 0.2) is 24.3 Å². The molecule has 1 aliphatic rings. The molecule has 1 aliphatic heterocycles. The van der Waals surface area contributed by atoms with Crippen LogP contribution < -0.4 is 14.8 Å². The van der Waals surface area contributed by atoms with Crippen LogP contribution in [0.2, 0.25) is 0 Å². The number of rotatable bonds is 5. The normalized spacial score (nSPS) is 18.0. The van der Waals surface area contributed by atoms with Gasteiger partial charge in [0, 0.05) is 19.2 Å². The molecule has 1 aromatic rings. The summed E-state index contributed by atoms with van der Waals surface area (Å²) in [6.45, 7) is 5.15. The molecular formula is C17H22N2O4. The number of nitrogens with zero attached hydrogens (tertiary/aromatic N) is 1. The van der Waals surface area contributed by atoms with E-state index in [1.54, 1.807) is 31.1 Å². The van der Waals surface area contributed by atoms with E-state index in [0.717, 1.165) is 5.56 Å². The minimum absolute atomic E-state index is 0.124. The number of hydrogen-bond acceptors (Lipinski definition) is 4. The van der Waals surface area contributed by atoms with Crippen LogP contribution in [0.3, 0.4) is 0 Å². The topological polar surface area (TPSA) is 67.9 Å². The third-order valence-corrected chi connectivity index (χ3v) is 3.69. The molecule has 0 saturated carbocycles. The molecule has 1 atom stereocenters. The fraction of sp³-hybridized carbons (Fsp3) is 0.412. The Morgan fingerprint density at radius 2 is 2.22 bits per heavy atom. The van der Waals surface area contributed by atoms with E-state index >= 15 is 0 Å². The molecule has 0 aromatic heterocycles. The van der Waals surface area contributed by atoms with Crippen molar-refractivity contribution in [2.24, 2.45) is 0 Å². The third kappa shape index (κ3) is 4.03. The molecule has 2 rings (SSSR count). The molecule has 1 heterocycles. The standard InChI is InChI=1S/C17H22N2O4/c1-4-23-15-11-13(5-7-14(15)22-3)6-8-16(20)19-10-9-18-17(21)12(19)2/h5-8,11-12H,4,9-10H2,1-3H3,(H,18,21). The van der Waals surface area contributed by atoms with Gasteiger partial charge in [-0.3, -0.25) is 9.59 Å². The number of methoxy groups -OCH3 is 1. The maximum Gasteiger partial charge on any atom is 0.247 e. The van der Waals surface area contributed by atoms with Crippen LogP contribution in [0, 0.1) is 0 Å². The Labute approximate surface area is 136 Å². The van der Waals surface area contributed by atoms with Crippen LogP contribution in [0.4, 0.5) is 0 Å². The summed E-state index contributed by atoms with van der Waals surface area (Å²) in [5.74, 6) is 0.981. The fourth-order valence-electron chi connectivity index (χ4n) is 2.41. The second kappa shape index (κ2) is 7.67. The second-order valence-electron chi connectivity index (χ2n) is 5.18. The monoisotopic (exact) mass is 318 g/mol. The SMILES string of the molecule is CCOc1cc(C=CC(=O)N2CCNC(=O)C2C)ccc1OC. The lowest BCUT2D eigenvalue weighted by Gasteiger charge is -2.31. The van der Waals surface area contributed by atoms with Crippen molar-refractivity contribution in [3.63, 3.8) is 0 Å². The van der Waals surface area contributed by atoms with Crippen LogP contribution in [0.1, 0.15) is 19.4 Å². The predicted molar refractivity (Wildman–Crippen MR) is 87.4 cm³/mol. The van der Waals surface area contributed by atoms with E-state index in [1.807, 2.05) is 19.1 Å². The lowest BCUT2D eigenvalue weighted by molar-refractivity contribution is -0.139. The molecule has 0 aliphatic carbocycles. The zero-order valence-electron chi connectivity index (χ0n) is 13.7. The molecule has 0 bridgehead atoms. The van der Waals surface area contributed by atoms with Gasteiger partial charge >= 0.3 is 0 Å². The summed E-state index contributed by atoms with van der Waals surface area (Å²) in [7, 11) is 1.58. The van der Waals surface area contributed by atoms with Crippen LogP contribution in [0.5, 0.6) is 11.5 Å². The summed E-state index contributed by atoms with van der Waals surface area (Å²) in [6.07, 6.45) is 3.19. The predicted octanol–water partition coefficient (Wildman–Crippen LogP) is 1.45. The summed E-state index contributed by atoms with van der Waals surface area (Å²) in [5, 5.41) is 2.74. The zero-order valence-corrected chi connectivity index (χ0v) is 13.7. The largest absolute Gasteiger partial charge is 0.493 e. The molecule has 0 radical (unpaired) electrons. The summed E-state index contributed by atoms with van der Waals surface area (Å²) < 4.78 is 10.7. The molecule has 1 fully saturated rings. The van der Waals surface area contributed by atoms with Gasteiger partial charge in [-0.25, -0.2) is 0 Å². The molecule has 124 valence electrons. The van der Waals surface area contributed by atoms with Gasteiger partial charge in [-0.2, -0.15) is 0 Å². The van der Waals surface area contributed by atoms with Crippen molar-refractivity contribution in [1.29, 1.82) is 0 Å². The Morgan fingerprint density at radius 3 is 2.91 bits per heavy atom. The molecule has 1 N–H and O–H groups in total. The molecule has 1 aromatic carbocycles. The first-order valence-corrected chi connectivity index (χ1v) is 7.64. The van der Waals surface area contributed by atoms with Crippen molar-refractivity contribution >= 4 is 17.9 Å². The quantitative estimate of drug-likeness (QED) is 0.835. The molecule has 6 nitrogen and oxygen atoms in total. The van der Waals surface area contributed by atoms with E-state index in [-0.39, 0.29) is 11.8 Å². The van der Waals surface area contributed by atoms with Gasteiger partial charge < -0.3 is 19.7 Å². The van der Waals surface area contributed by atoms with Gasteiger partial charge in [0.05, 0.1) is 13.7 Å². The van der Waals surface area contributed by atoms with E-state index in [4.69, 9.17) is 9.47 Å². The van der Waals surface area contributed by atoms with Crippen molar-refractivity contribution < 1.29 is 19.1 Å². The lowest BCUT2D eigenvalue weighted by atomic mass is 10.1. The smallest absolute Gasteiger partial charge is 0.247 e. The molecule has 2 amide bonds. The molecular weight excluding hydrogens is 296 g/mol.